The molecule has 1 saturated heterocycles. The third kappa shape index (κ3) is 6.45. The van der Waals surface area contributed by atoms with Crippen molar-refractivity contribution in [3.63, 3.8) is 0 Å². The molecule has 4 rings (SSSR count). The first kappa shape index (κ1) is 24.0. The molecule has 1 aromatic heterocycles. The molecule has 2 heterocycles. The topological polar surface area (TPSA) is 85.2 Å². The number of nitrogens with one attached hydrogen (secondary N) is 1. The maximum absolute atomic E-state index is 13.0. The van der Waals surface area contributed by atoms with E-state index in [4.69, 9.17) is 11.6 Å². The molecule has 1 N–H and O–H groups in total. The molecule has 0 unspecified atom stereocenters. The van der Waals surface area contributed by atoms with Gasteiger partial charge in [0.15, 0.2) is 0 Å². The van der Waals surface area contributed by atoms with Gasteiger partial charge in [-0.05, 0) is 58.7 Å². The Morgan fingerprint density at radius 2 is 1.97 bits per heavy atom. The number of aromatic nitrogens is 4. The van der Waals surface area contributed by atoms with Crippen molar-refractivity contribution in [3.8, 4) is 5.75 Å². The number of carbonyl (C=O) groups excluding carboxylic acids is 1. The van der Waals surface area contributed by atoms with Gasteiger partial charge in [0.25, 0.3) is 0 Å². The number of halogens is 4. The van der Waals surface area contributed by atoms with E-state index >= 15 is 0 Å². The lowest BCUT2D eigenvalue weighted by atomic mass is 10.1. The molecule has 1 amide bonds. The average Bonchev–Trinajstić information content (AvgIpc) is 3.44. The van der Waals surface area contributed by atoms with E-state index in [-0.39, 0.29) is 17.7 Å². The summed E-state index contributed by atoms with van der Waals surface area (Å²) in [5.41, 5.74) is 1.77. The quantitative estimate of drug-likeness (QED) is 0.516. The number of amides is 1. The second-order valence-corrected chi connectivity index (χ2v) is 8.42. The van der Waals surface area contributed by atoms with Crippen LogP contribution < -0.4 is 10.1 Å². The molecule has 0 saturated carbocycles. The van der Waals surface area contributed by atoms with Crippen molar-refractivity contribution in [2.24, 2.45) is 0 Å². The van der Waals surface area contributed by atoms with Gasteiger partial charge in [-0.25, -0.2) is 4.68 Å². The van der Waals surface area contributed by atoms with Crippen LogP contribution in [0.15, 0.2) is 54.9 Å². The van der Waals surface area contributed by atoms with Crippen LogP contribution in [0.1, 0.15) is 23.6 Å². The van der Waals surface area contributed by atoms with Crippen LogP contribution in [0.25, 0.3) is 0 Å². The number of benzene rings is 2. The van der Waals surface area contributed by atoms with Crippen LogP contribution in [0.2, 0.25) is 5.02 Å². The standard InChI is InChI=1S/C22H22ClF3N6O2/c23-17-3-1-2-15(10-17)8-9-27-21(33)20-11-18(32-14-28-29-30-32)13-31(20)12-16-4-6-19(7-5-16)34-22(24,25)26/h1-7,10,14,18,20H,8-9,11-13H2,(H,27,33)/t18-,20+/m1/s1. The smallest absolute Gasteiger partial charge is 0.406 e. The number of likely N-dealkylation sites (tertiary alicyclic amines) is 1. The predicted molar refractivity (Wildman–Crippen MR) is 117 cm³/mol. The van der Waals surface area contributed by atoms with E-state index in [1.54, 1.807) is 22.9 Å². The molecular weight excluding hydrogens is 473 g/mol. The van der Waals surface area contributed by atoms with Crippen molar-refractivity contribution in [2.45, 2.75) is 37.8 Å². The first-order valence-corrected chi connectivity index (χ1v) is 11.0. The summed E-state index contributed by atoms with van der Waals surface area (Å²) in [4.78, 5) is 15.0. The van der Waals surface area contributed by atoms with Crippen LogP contribution in [0.3, 0.4) is 0 Å². The number of tetrazole rings is 1. The third-order valence-corrected chi connectivity index (χ3v) is 5.80. The Morgan fingerprint density at radius 1 is 1.18 bits per heavy atom. The van der Waals surface area contributed by atoms with Crippen LogP contribution in [0.4, 0.5) is 13.2 Å². The zero-order valence-electron chi connectivity index (χ0n) is 18.0. The van der Waals surface area contributed by atoms with Crippen molar-refractivity contribution in [1.29, 1.82) is 0 Å². The van der Waals surface area contributed by atoms with Crippen molar-refractivity contribution in [3.05, 3.63) is 71.0 Å². The number of hydrogen-bond donors (Lipinski definition) is 1. The van der Waals surface area contributed by atoms with Crippen molar-refractivity contribution in [2.75, 3.05) is 13.1 Å². The Hall–Kier alpha value is -3.18. The Morgan fingerprint density at radius 3 is 2.65 bits per heavy atom. The molecule has 12 heteroatoms. The van der Waals surface area contributed by atoms with E-state index in [2.05, 4.69) is 25.6 Å². The van der Waals surface area contributed by atoms with E-state index in [9.17, 15) is 18.0 Å². The number of carbonyl (C=O) groups is 1. The summed E-state index contributed by atoms with van der Waals surface area (Å²) in [5.74, 6) is -0.422. The molecule has 1 aliphatic rings. The summed E-state index contributed by atoms with van der Waals surface area (Å²) in [7, 11) is 0. The molecule has 8 nitrogen and oxygen atoms in total. The Bertz CT molecular complexity index is 1090. The fourth-order valence-electron chi connectivity index (χ4n) is 4.03. The highest BCUT2D eigenvalue weighted by atomic mass is 35.5. The zero-order chi connectivity index (χ0) is 24.1. The van der Waals surface area contributed by atoms with E-state index in [0.29, 0.717) is 37.5 Å². The number of ether oxygens (including phenoxy) is 1. The first-order valence-electron chi connectivity index (χ1n) is 10.6. The van der Waals surface area contributed by atoms with Crippen LogP contribution in [-0.2, 0) is 17.8 Å². The molecule has 0 spiro atoms. The monoisotopic (exact) mass is 494 g/mol. The largest absolute Gasteiger partial charge is 0.573 e. The molecule has 2 aromatic carbocycles. The van der Waals surface area contributed by atoms with Gasteiger partial charge in [-0.1, -0.05) is 35.9 Å². The summed E-state index contributed by atoms with van der Waals surface area (Å²) >= 11 is 6.02. The lowest BCUT2D eigenvalue weighted by Gasteiger charge is -2.23. The molecule has 0 bridgehead atoms. The molecule has 0 radical (unpaired) electrons. The summed E-state index contributed by atoms with van der Waals surface area (Å²) in [6, 6.07) is 12.5. The van der Waals surface area contributed by atoms with Gasteiger partial charge in [-0.15, -0.1) is 18.3 Å². The van der Waals surface area contributed by atoms with Crippen LogP contribution in [-0.4, -0.2) is 56.5 Å². The predicted octanol–water partition coefficient (Wildman–Crippen LogP) is 3.40. The number of alkyl halides is 3. The van der Waals surface area contributed by atoms with Gasteiger partial charge < -0.3 is 10.1 Å². The fraction of sp³-hybridized carbons (Fsp3) is 0.364. The minimum absolute atomic E-state index is 0.105. The summed E-state index contributed by atoms with van der Waals surface area (Å²) < 4.78 is 42.8. The van der Waals surface area contributed by atoms with E-state index in [1.807, 2.05) is 23.1 Å². The zero-order valence-corrected chi connectivity index (χ0v) is 18.7. The maximum atomic E-state index is 13.0. The minimum Gasteiger partial charge on any atom is -0.406 e. The van der Waals surface area contributed by atoms with E-state index < -0.39 is 12.4 Å². The van der Waals surface area contributed by atoms with Gasteiger partial charge in [0.05, 0.1) is 12.1 Å². The summed E-state index contributed by atoms with van der Waals surface area (Å²) in [6.45, 7) is 1.33. The Kier molecular flexibility index (Phi) is 7.32. The molecule has 34 heavy (non-hydrogen) atoms. The number of hydrogen-bond acceptors (Lipinski definition) is 6. The highest BCUT2D eigenvalue weighted by molar-refractivity contribution is 6.30. The SMILES string of the molecule is O=C(NCCc1cccc(Cl)c1)[C@@H]1C[C@@H](n2cnnn2)CN1Cc1ccc(OC(F)(F)F)cc1. The molecule has 3 aromatic rings. The normalized spacial score (nSPS) is 18.7. The van der Waals surface area contributed by atoms with Gasteiger partial charge in [-0.2, -0.15) is 0 Å². The van der Waals surface area contributed by atoms with Gasteiger partial charge >= 0.3 is 6.36 Å². The summed E-state index contributed by atoms with van der Waals surface area (Å²) in [6.07, 6.45) is -2.10. The molecule has 1 fully saturated rings. The third-order valence-electron chi connectivity index (χ3n) is 5.57. The lowest BCUT2D eigenvalue weighted by molar-refractivity contribution is -0.274. The van der Waals surface area contributed by atoms with Crippen LogP contribution in [0, 0.1) is 0 Å². The van der Waals surface area contributed by atoms with Gasteiger partial charge in [0.1, 0.15) is 12.1 Å². The number of rotatable bonds is 8. The highest BCUT2D eigenvalue weighted by Crippen LogP contribution is 2.29. The molecular formula is C22H22ClF3N6O2. The van der Waals surface area contributed by atoms with Gasteiger partial charge in [0.2, 0.25) is 5.91 Å². The van der Waals surface area contributed by atoms with Crippen molar-refractivity contribution >= 4 is 17.5 Å². The second kappa shape index (κ2) is 10.4. The Balaban J connectivity index is 1.41. The van der Waals surface area contributed by atoms with Crippen molar-refractivity contribution in [1.82, 2.24) is 30.4 Å². The molecule has 1 aliphatic heterocycles. The van der Waals surface area contributed by atoms with Gasteiger partial charge in [-0.3, -0.25) is 9.69 Å². The average molecular weight is 495 g/mol. The van der Waals surface area contributed by atoms with Crippen LogP contribution >= 0.6 is 11.6 Å². The lowest BCUT2D eigenvalue weighted by Crippen LogP contribution is -2.43. The second-order valence-electron chi connectivity index (χ2n) is 7.99. The Labute approximate surface area is 198 Å². The first-order chi connectivity index (χ1) is 16.3. The van der Waals surface area contributed by atoms with Crippen LogP contribution in [0.5, 0.6) is 5.75 Å². The van der Waals surface area contributed by atoms with E-state index in [1.165, 1.54) is 18.5 Å². The molecule has 180 valence electrons. The minimum atomic E-state index is -4.75. The van der Waals surface area contributed by atoms with Gasteiger partial charge in [0, 0.05) is 24.7 Å². The highest BCUT2D eigenvalue weighted by Gasteiger charge is 2.38. The fourth-order valence-corrected chi connectivity index (χ4v) is 4.24. The molecule has 0 aliphatic carbocycles. The number of nitrogens with zero attached hydrogens (tertiary/aromatic N) is 5. The van der Waals surface area contributed by atoms with E-state index in [0.717, 1.165) is 11.1 Å². The summed E-state index contributed by atoms with van der Waals surface area (Å²) in [5, 5.41) is 14.9. The molecule has 2 atom stereocenters. The van der Waals surface area contributed by atoms with Crippen molar-refractivity contribution < 1.29 is 22.7 Å². The maximum Gasteiger partial charge on any atom is 0.573 e.